The van der Waals surface area contributed by atoms with Crippen LogP contribution in [0.4, 0.5) is 0 Å². The molecular formula is C14H23NO2S. The van der Waals surface area contributed by atoms with Gasteiger partial charge in [-0.3, -0.25) is 4.21 Å². The summed E-state index contributed by atoms with van der Waals surface area (Å²) in [5.41, 5.74) is 1.21. The summed E-state index contributed by atoms with van der Waals surface area (Å²) < 4.78 is 16.6. The minimum Gasteiger partial charge on any atom is -0.494 e. The fourth-order valence-electron chi connectivity index (χ4n) is 1.94. The maximum atomic E-state index is 11.1. The van der Waals surface area contributed by atoms with E-state index in [-0.39, 0.29) is 12.1 Å². The van der Waals surface area contributed by atoms with Crippen LogP contribution in [0.5, 0.6) is 5.75 Å². The molecule has 3 atom stereocenters. The van der Waals surface area contributed by atoms with Gasteiger partial charge in [0.2, 0.25) is 0 Å². The van der Waals surface area contributed by atoms with Crippen molar-refractivity contribution in [3.8, 4) is 5.75 Å². The molecule has 0 aliphatic heterocycles. The molecule has 0 heterocycles. The van der Waals surface area contributed by atoms with Crippen molar-refractivity contribution >= 4 is 10.8 Å². The zero-order chi connectivity index (χ0) is 13.5. The van der Waals surface area contributed by atoms with Crippen LogP contribution in [0.1, 0.15) is 32.4 Å². The third-order valence-corrected chi connectivity index (χ3v) is 3.68. The Balaban J connectivity index is 2.55. The number of ether oxygens (including phenoxy) is 1. The minimum absolute atomic E-state index is 0.248. The Morgan fingerprint density at radius 2 is 1.89 bits per heavy atom. The molecule has 18 heavy (non-hydrogen) atoms. The summed E-state index contributed by atoms with van der Waals surface area (Å²) in [6.45, 7) is 6.84. The Hall–Kier alpha value is -0.870. The third-order valence-electron chi connectivity index (χ3n) is 2.71. The Morgan fingerprint density at radius 3 is 2.39 bits per heavy atom. The van der Waals surface area contributed by atoms with Crippen LogP contribution in [0.2, 0.25) is 0 Å². The molecule has 4 heteroatoms. The van der Waals surface area contributed by atoms with Gasteiger partial charge in [0.05, 0.1) is 6.61 Å². The maximum Gasteiger partial charge on any atom is 0.119 e. The average molecular weight is 269 g/mol. The predicted molar refractivity (Wildman–Crippen MR) is 77.6 cm³/mol. The van der Waals surface area contributed by atoms with Crippen LogP contribution in [-0.2, 0) is 10.8 Å². The lowest BCUT2D eigenvalue weighted by Crippen LogP contribution is -2.33. The van der Waals surface area contributed by atoms with Gasteiger partial charge in [0.15, 0.2) is 0 Å². The van der Waals surface area contributed by atoms with Gasteiger partial charge in [-0.05, 0) is 38.5 Å². The van der Waals surface area contributed by atoms with Crippen molar-refractivity contribution in [3.63, 3.8) is 0 Å². The SMILES string of the molecule is CCOc1ccc(C(C)NC(C)CS(C)=O)cc1. The van der Waals surface area contributed by atoms with Crippen molar-refractivity contribution in [1.82, 2.24) is 5.32 Å². The van der Waals surface area contributed by atoms with E-state index in [4.69, 9.17) is 4.74 Å². The normalized spacial score (nSPS) is 16.0. The minimum atomic E-state index is -0.757. The number of benzene rings is 1. The number of nitrogens with one attached hydrogen (secondary N) is 1. The topological polar surface area (TPSA) is 38.3 Å². The highest BCUT2D eigenvalue weighted by Gasteiger charge is 2.10. The third kappa shape index (κ3) is 5.19. The van der Waals surface area contributed by atoms with Crippen LogP contribution < -0.4 is 10.1 Å². The van der Waals surface area contributed by atoms with Crippen LogP contribution in [0.15, 0.2) is 24.3 Å². The molecule has 0 saturated heterocycles. The molecule has 1 aromatic carbocycles. The van der Waals surface area contributed by atoms with Crippen molar-refractivity contribution in [1.29, 1.82) is 0 Å². The first-order valence-electron chi connectivity index (χ1n) is 6.31. The van der Waals surface area contributed by atoms with Crippen LogP contribution >= 0.6 is 0 Å². The van der Waals surface area contributed by atoms with Gasteiger partial charge in [-0.25, -0.2) is 0 Å². The van der Waals surface area contributed by atoms with E-state index in [1.165, 1.54) is 5.56 Å². The highest BCUT2D eigenvalue weighted by molar-refractivity contribution is 7.84. The van der Waals surface area contributed by atoms with Crippen LogP contribution in [0.3, 0.4) is 0 Å². The molecule has 0 aromatic heterocycles. The number of hydrogen-bond donors (Lipinski definition) is 1. The summed E-state index contributed by atoms with van der Waals surface area (Å²) in [6, 6.07) is 8.60. The van der Waals surface area contributed by atoms with Gasteiger partial charge in [-0.2, -0.15) is 0 Å². The fraction of sp³-hybridized carbons (Fsp3) is 0.571. The molecule has 3 nitrogen and oxygen atoms in total. The molecular weight excluding hydrogens is 246 g/mol. The van der Waals surface area contributed by atoms with E-state index in [0.717, 1.165) is 5.75 Å². The molecule has 102 valence electrons. The first kappa shape index (κ1) is 15.2. The molecule has 0 fully saturated rings. The Morgan fingerprint density at radius 1 is 1.28 bits per heavy atom. The van der Waals surface area contributed by atoms with Crippen molar-refractivity contribution in [3.05, 3.63) is 29.8 Å². The summed E-state index contributed by atoms with van der Waals surface area (Å²) in [7, 11) is -0.757. The maximum absolute atomic E-state index is 11.1. The largest absolute Gasteiger partial charge is 0.494 e. The van der Waals surface area contributed by atoms with E-state index >= 15 is 0 Å². The summed E-state index contributed by atoms with van der Waals surface area (Å²) in [6.07, 6.45) is 1.74. The average Bonchev–Trinajstić information content (AvgIpc) is 2.29. The van der Waals surface area contributed by atoms with Crippen LogP contribution in [0, 0.1) is 0 Å². The molecule has 1 aromatic rings. The predicted octanol–water partition coefficient (Wildman–Crippen LogP) is 2.50. The Labute approximate surface area is 112 Å². The smallest absolute Gasteiger partial charge is 0.119 e. The molecule has 0 aliphatic carbocycles. The van der Waals surface area contributed by atoms with E-state index in [1.807, 2.05) is 19.1 Å². The number of rotatable bonds is 7. The van der Waals surface area contributed by atoms with E-state index in [0.29, 0.717) is 12.4 Å². The van der Waals surface area contributed by atoms with Gasteiger partial charge in [0.1, 0.15) is 5.75 Å². The highest BCUT2D eigenvalue weighted by Crippen LogP contribution is 2.18. The molecule has 1 N–H and O–H groups in total. The standard InChI is InChI=1S/C14H23NO2S/c1-5-17-14-8-6-13(7-9-14)12(3)15-11(2)10-18(4)16/h6-9,11-12,15H,5,10H2,1-4H3. The molecule has 0 aliphatic rings. The van der Waals surface area contributed by atoms with Crippen LogP contribution in [-0.4, -0.2) is 28.9 Å². The van der Waals surface area contributed by atoms with E-state index in [2.05, 4.69) is 31.3 Å². The monoisotopic (exact) mass is 269 g/mol. The second kappa shape index (κ2) is 7.54. The Bertz CT molecular complexity index is 378. The molecule has 0 spiro atoms. The van der Waals surface area contributed by atoms with Crippen molar-refractivity contribution in [2.45, 2.75) is 32.9 Å². The second-order valence-corrected chi connectivity index (χ2v) is 6.01. The van der Waals surface area contributed by atoms with E-state index in [9.17, 15) is 4.21 Å². The lowest BCUT2D eigenvalue weighted by atomic mass is 10.1. The molecule has 0 bridgehead atoms. The van der Waals surface area contributed by atoms with Gasteiger partial charge in [0, 0.05) is 34.9 Å². The second-order valence-electron chi connectivity index (χ2n) is 4.53. The van der Waals surface area contributed by atoms with Gasteiger partial charge >= 0.3 is 0 Å². The fourth-order valence-corrected chi connectivity index (χ4v) is 2.74. The van der Waals surface area contributed by atoms with Gasteiger partial charge < -0.3 is 10.1 Å². The summed E-state index contributed by atoms with van der Waals surface area (Å²) >= 11 is 0. The summed E-state index contributed by atoms with van der Waals surface area (Å²) in [4.78, 5) is 0. The molecule has 1 rings (SSSR count). The highest BCUT2D eigenvalue weighted by atomic mass is 32.2. The van der Waals surface area contributed by atoms with Crippen molar-refractivity contribution < 1.29 is 8.95 Å². The Kier molecular flexibility index (Phi) is 6.36. The zero-order valence-electron chi connectivity index (χ0n) is 11.6. The summed E-state index contributed by atoms with van der Waals surface area (Å²) in [5.74, 6) is 1.58. The molecule has 0 saturated carbocycles. The number of hydrogen-bond acceptors (Lipinski definition) is 3. The van der Waals surface area contributed by atoms with Crippen molar-refractivity contribution in [2.75, 3.05) is 18.6 Å². The zero-order valence-corrected chi connectivity index (χ0v) is 12.4. The molecule has 3 unspecified atom stereocenters. The van der Waals surface area contributed by atoms with E-state index in [1.54, 1.807) is 6.26 Å². The van der Waals surface area contributed by atoms with Crippen LogP contribution in [0.25, 0.3) is 0 Å². The quantitative estimate of drug-likeness (QED) is 0.826. The van der Waals surface area contributed by atoms with E-state index < -0.39 is 10.8 Å². The van der Waals surface area contributed by atoms with Gasteiger partial charge in [0.25, 0.3) is 0 Å². The van der Waals surface area contributed by atoms with Gasteiger partial charge in [-0.1, -0.05) is 12.1 Å². The lowest BCUT2D eigenvalue weighted by molar-refractivity contribution is 0.340. The molecule has 0 radical (unpaired) electrons. The van der Waals surface area contributed by atoms with Gasteiger partial charge in [-0.15, -0.1) is 0 Å². The first-order chi connectivity index (χ1) is 8.52. The lowest BCUT2D eigenvalue weighted by Gasteiger charge is -2.19. The first-order valence-corrected chi connectivity index (χ1v) is 8.04. The molecule has 0 amide bonds. The summed E-state index contributed by atoms with van der Waals surface area (Å²) in [5, 5.41) is 3.45. The van der Waals surface area contributed by atoms with Crippen molar-refractivity contribution in [2.24, 2.45) is 0 Å².